The average Bonchev–Trinajstić information content (AvgIpc) is 3.53. The molecule has 2 aromatic heterocycles. The summed E-state index contributed by atoms with van der Waals surface area (Å²) in [6, 6.07) is 0. The number of hydrogen-bond donors (Lipinski definition) is 1. The van der Waals surface area contributed by atoms with E-state index in [0.717, 1.165) is 30.0 Å². The van der Waals surface area contributed by atoms with Gasteiger partial charge in [-0.1, -0.05) is 11.3 Å². The quantitative estimate of drug-likeness (QED) is 0.867. The summed E-state index contributed by atoms with van der Waals surface area (Å²) in [5.74, 6) is 0.650. The van der Waals surface area contributed by atoms with Gasteiger partial charge in [0, 0.05) is 18.7 Å². The Morgan fingerprint density at radius 3 is 2.69 bits per heavy atom. The summed E-state index contributed by atoms with van der Waals surface area (Å²) >= 11 is 1.33. The lowest BCUT2D eigenvalue weighted by Gasteiger charge is -2.28. The molecule has 0 aromatic carbocycles. The van der Waals surface area contributed by atoms with E-state index in [2.05, 4.69) is 20.6 Å². The van der Waals surface area contributed by atoms with Crippen molar-refractivity contribution in [3.05, 3.63) is 22.0 Å². The van der Waals surface area contributed by atoms with Crippen molar-refractivity contribution >= 4 is 28.3 Å². The minimum atomic E-state index is -0.300. The molecule has 0 spiro atoms. The zero-order chi connectivity index (χ0) is 17.8. The van der Waals surface area contributed by atoms with Gasteiger partial charge in [-0.3, -0.25) is 19.6 Å². The second-order valence-electron chi connectivity index (χ2n) is 7.38. The van der Waals surface area contributed by atoms with Crippen LogP contribution in [0.25, 0.3) is 0 Å². The first-order valence-electron chi connectivity index (χ1n) is 9.11. The number of fused-ring (bicyclic) bond motifs is 1. The van der Waals surface area contributed by atoms with Gasteiger partial charge >= 0.3 is 0 Å². The Labute approximate surface area is 154 Å². The van der Waals surface area contributed by atoms with Crippen LogP contribution in [-0.4, -0.2) is 49.8 Å². The Hall–Kier alpha value is -2.29. The highest BCUT2D eigenvalue weighted by molar-refractivity contribution is 7.15. The van der Waals surface area contributed by atoms with E-state index >= 15 is 0 Å². The van der Waals surface area contributed by atoms with Gasteiger partial charge in [-0.05, 0) is 44.4 Å². The molecule has 0 saturated heterocycles. The van der Waals surface area contributed by atoms with Gasteiger partial charge in [0.2, 0.25) is 5.13 Å². The van der Waals surface area contributed by atoms with E-state index in [-0.39, 0.29) is 17.7 Å². The predicted octanol–water partition coefficient (Wildman–Crippen LogP) is 2.04. The third kappa shape index (κ3) is 2.80. The van der Waals surface area contributed by atoms with Gasteiger partial charge in [0.15, 0.2) is 5.69 Å². The molecule has 0 unspecified atom stereocenters. The fourth-order valence-electron chi connectivity index (χ4n) is 3.55. The van der Waals surface area contributed by atoms with Gasteiger partial charge in [0.25, 0.3) is 11.8 Å². The first-order valence-corrected chi connectivity index (χ1v) is 9.93. The molecule has 0 atom stereocenters. The van der Waals surface area contributed by atoms with Crippen LogP contribution in [0.3, 0.4) is 0 Å². The predicted molar refractivity (Wildman–Crippen MR) is 95.4 cm³/mol. The summed E-state index contributed by atoms with van der Waals surface area (Å²) in [6.45, 7) is 3.99. The number of hydrogen-bond acceptors (Lipinski definition) is 6. The lowest BCUT2D eigenvalue weighted by atomic mass is 10.0. The lowest BCUT2D eigenvalue weighted by Crippen LogP contribution is -2.41. The van der Waals surface area contributed by atoms with Crippen LogP contribution < -0.4 is 5.32 Å². The third-order valence-corrected chi connectivity index (χ3v) is 5.94. The van der Waals surface area contributed by atoms with Crippen molar-refractivity contribution in [1.29, 1.82) is 0 Å². The van der Waals surface area contributed by atoms with Gasteiger partial charge < -0.3 is 4.90 Å². The van der Waals surface area contributed by atoms with E-state index in [1.54, 1.807) is 4.68 Å². The molecule has 2 amide bonds. The Kier molecular flexibility index (Phi) is 3.59. The zero-order valence-electron chi connectivity index (χ0n) is 14.6. The molecule has 0 bridgehead atoms. The van der Waals surface area contributed by atoms with Gasteiger partial charge in [-0.25, -0.2) is 0 Å². The molecule has 2 aliphatic carbocycles. The Balaban J connectivity index is 1.47. The highest BCUT2D eigenvalue weighted by Crippen LogP contribution is 2.44. The van der Waals surface area contributed by atoms with Crippen LogP contribution in [0.2, 0.25) is 0 Å². The first-order chi connectivity index (χ1) is 12.6. The number of amides is 2. The molecule has 3 heterocycles. The Morgan fingerprint density at radius 2 is 2.04 bits per heavy atom. The highest BCUT2D eigenvalue weighted by Gasteiger charge is 2.41. The van der Waals surface area contributed by atoms with Crippen LogP contribution in [0, 0.1) is 12.8 Å². The van der Waals surface area contributed by atoms with Crippen LogP contribution >= 0.6 is 11.3 Å². The highest BCUT2D eigenvalue weighted by atomic mass is 32.1. The molecule has 26 heavy (non-hydrogen) atoms. The topological polar surface area (TPSA) is 93.0 Å². The van der Waals surface area contributed by atoms with E-state index in [4.69, 9.17) is 0 Å². The number of nitrogens with zero attached hydrogens (tertiary/aromatic N) is 5. The minimum absolute atomic E-state index is 0.0309. The van der Waals surface area contributed by atoms with Crippen LogP contribution in [0.5, 0.6) is 0 Å². The molecule has 2 saturated carbocycles. The molecule has 1 N–H and O–H groups in total. The van der Waals surface area contributed by atoms with Crippen molar-refractivity contribution in [3.63, 3.8) is 0 Å². The second-order valence-corrected chi connectivity index (χ2v) is 8.56. The van der Waals surface area contributed by atoms with E-state index in [9.17, 15) is 9.59 Å². The summed E-state index contributed by atoms with van der Waals surface area (Å²) in [4.78, 5) is 27.8. The smallest absolute Gasteiger partial charge is 0.278 e. The molecule has 2 fully saturated rings. The van der Waals surface area contributed by atoms with E-state index in [1.807, 2.05) is 11.8 Å². The Morgan fingerprint density at radius 1 is 1.23 bits per heavy atom. The van der Waals surface area contributed by atoms with Gasteiger partial charge in [-0.15, -0.1) is 10.2 Å². The largest absolute Gasteiger partial charge is 0.335 e. The summed E-state index contributed by atoms with van der Waals surface area (Å²) in [6.07, 6.45) is 4.44. The lowest BCUT2D eigenvalue weighted by molar-refractivity contribution is 0.0687. The molecule has 136 valence electrons. The van der Waals surface area contributed by atoms with E-state index in [0.29, 0.717) is 35.5 Å². The number of carbonyl (C=O) groups excluding carboxylic acids is 2. The van der Waals surface area contributed by atoms with Crippen molar-refractivity contribution in [2.75, 3.05) is 18.4 Å². The standard InChI is InChI=1S/C17H20N6O2S/c1-9-19-20-17(26-9)18-15(24)13-12(11-4-5-11)14-16(25)22(8-10-2-3-10)6-7-23(14)21-13/h10-11H,2-8H2,1H3,(H,18,20,24). The third-order valence-electron chi connectivity index (χ3n) is 5.18. The van der Waals surface area contributed by atoms with Crippen molar-refractivity contribution in [2.45, 2.75) is 45.1 Å². The molecule has 5 rings (SSSR count). The van der Waals surface area contributed by atoms with E-state index in [1.165, 1.54) is 24.2 Å². The molecule has 9 heteroatoms. The van der Waals surface area contributed by atoms with Crippen LogP contribution in [0.1, 0.15) is 63.1 Å². The summed E-state index contributed by atoms with van der Waals surface area (Å²) < 4.78 is 1.74. The van der Waals surface area contributed by atoms with Gasteiger partial charge in [0.1, 0.15) is 10.7 Å². The van der Waals surface area contributed by atoms with Gasteiger partial charge in [0.05, 0.1) is 6.54 Å². The summed E-state index contributed by atoms with van der Waals surface area (Å²) in [5.41, 5.74) is 1.82. The monoisotopic (exact) mass is 372 g/mol. The zero-order valence-corrected chi connectivity index (χ0v) is 15.4. The van der Waals surface area contributed by atoms with Crippen molar-refractivity contribution in [1.82, 2.24) is 24.9 Å². The van der Waals surface area contributed by atoms with Crippen LogP contribution in [0.4, 0.5) is 5.13 Å². The molecular weight excluding hydrogens is 352 g/mol. The fourth-order valence-corrected chi connectivity index (χ4v) is 4.13. The van der Waals surface area contributed by atoms with Crippen molar-refractivity contribution < 1.29 is 9.59 Å². The van der Waals surface area contributed by atoms with Crippen LogP contribution in [0.15, 0.2) is 0 Å². The van der Waals surface area contributed by atoms with Crippen molar-refractivity contribution in [2.24, 2.45) is 5.92 Å². The van der Waals surface area contributed by atoms with Crippen molar-refractivity contribution in [3.8, 4) is 0 Å². The Bertz CT molecular complexity index is 895. The summed E-state index contributed by atoms with van der Waals surface area (Å²) in [7, 11) is 0. The average molecular weight is 372 g/mol. The molecule has 2 aromatic rings. The number of rotatable bonds is 5. The maximum Gasteiger partial charge on any atom is 0.278 e. The summed E-state index contributed by atoms with van der Waals surface area (Å²) in [5, 5.41) is 16.4. The van der Waals surface area contributed by atoms with E-state index < -0.39 is 0 Å². The maximum atomic E-state index is 13.0. The van der Waals surface area contributed by atoms with Gasteiger partial charge in [-0.2, -0.15) is 5.10 Å². The molecule has 8 nitrogen and oxygen atoms in total. The molecule has 1 aliphatic heterocycles. The van der Waals surface area contributed by atoms with Crippen LogP contribution in [-0.2, 0) is 6.54 Å². The normalized spacial score (nSPS) is 19.6. The number of aryl methyl sites for hydroxylation is 1. The molecular formula is C17H20N6O2S. The fraction of sp³-hybridized carbons (Fsp3) is 0.588. The minimum Gasteiger partial charge on any atom is -0.335 e. The molecule has 0 radical (unpaired) electrons. The number of anilines is 1. The number of carbonyl (C=O) groups is 2. The maximum absolute atomic E-state index is 13.0. The first kappa shape index (κ1) is 15.9. The number of aromatic nitrogens is 4. The second kappa shape index (κ2) is 5.87. The number of nitrogens with one attached hydrogen (secondary N) is 1. The SMILES string of the molecule is Cc1nnc(NC(=O)c2nn3c(c2C2CC2)C(=O)N(CC2CC2)CC3)s1. The molecule has 3 aliphatic rings.